The molecule has 0 aromatic heterocycles. The number of rotatable bonds is 6. The first-order valence-corrected chi connectivity index (χ1v) is 8.81. The highest BCUT2D eigenvalue weighted by Crippen LogP contribution is 2.24. The Labute approximate surface area is 150 Å². The van der Waals surface area contributed by atoms with Crippen molar-refractivity contribution in [3.05, 3.63) is 24.3 Å². The summed E-state index contributed by atoms with van der Waals surface area (Å²) in [4.78, 5) is 28.0. The van der Waals surface area contributed by atoms with E-state index in [9.17, 15) is 9.59 Å². The van der Waals surface area contributed by atoms with Crippen molar-refractivity contribution in [2.75, 3.05) is 50.1 Å². The molecule has 1 amide bonds. The van der Waals surface area contributed by atoms with E-state index in [1.807, 2.05) is 45.0 Å². The molecular weight excluding hydrogens is 318 g/mol. The Morgan fingerprint density at radius 2 is 1.72 bits per heavy atom. The Kier molecular flexibility index (Phi) is 6.42. The van der Waals surface area contributed by atoms with Crippen LogP contribution in [0.1, 0.15) is 27.2 Å². The molecule has 1 N–H and O–H groups in total. The minimum Gasteiger partial charge on any atom is -0.468 e. The van der Waals surface area contributed by atoms with Crippen LogP contribution in [0.25, 0.3) is 0 Å². The highest BCUT2D eigenvalue weighted by Gasteiger charge is 2.25. The molecule has 1 aromatic carbocycles. The van der Waals surface area contributed by atoms with Crippen LogP contribution in [0.2, 0.25) is 0 Å². The van der Waals surface area contributed by atoms with Gasteiger partial charge in [0, 0.05) is 43.0 Å². The molecule has 1 fully saturated rings. The second-order valence-electron chi connectivity index (χ2n) is 7.08. The van der Waals surface area contributed by atoms with E-state index in [-0.39, 0.29) is 17.3 Å². The average Bonchev–Trinajstić information content (AvgIpc) is 2.63. The molecule has 2 rings (SSSR count). The van der Waals surface area contributed by atoms with E-state index in [0.717, 1.165) is 44.0 Å². The fourth-order valence-electron chi connectivity index (χ4n) is 2.63. The largest absolute Gasteiger partial charge is 0.468 e. The summed E-state index contributed by atoms with van der Waals surface area (Å²) in [6.07, 6.45) is 0.798. The number of hydrogen-bond acceptors (Lipinski definition) is 5. The maximum Gasteiger partial charge on any atom is 0.319 e. The molecular formula is C19H29N3O3. The highest BCUT2D eigenvalue weighted by molar-refractivity contribution is 5.94. The molecule has 1 aromatic rings. The zero-order valence-corrected chi connectivity index (χ0v) is 15.7. The quantitative estimate of drug-likeness (QED) is 0.801. The Hall–Kier alpha value is -2.08. The second-order valence-corrected chi connectivity index (χ2v) is 7.08. The van der Waals surface area contributed by atoms with Crippen molar-refractivity contribution in [3.8, 4) is 0 Å². The third kappa shape index (κ3) is 5.19. The number of anilines is 2. The number of piperazine rings is 1. The van der Waals surface area contributed by atoms with Crippen LogP contribution in [-0.4, -0.2) is 56.6 Å². The second kappa shape index (κ2) is 8.34. The van der Waals surface area contributed by atoms with Gasteiger partial charge >= 0.3 is 5.97 Å². The third-order valence-electron chi connectivity index (χ3n) is 4.94. The highest BCUT2D eigenvalue weighted by atomic mass is 16.5. The van der Waals surface area contributed by atoms with Gasteiger partial charge in [-0.3, -0.25) is 14.5 Å². The molecule has 1 aliphatic heterocycles. The number of nitrogens with one attached hydrogen (secondary N) is 1. The zero-order chi connectivity index (χ0) is 18.4. The van der Waals surface area contributed by atoms with Gasteiger partial charge in [0.1, 0.15) is 0 Å². The van der Waals surface area contributed by atoms with Gasteiger partial charge < -0.3 is 15.0 Å². The monoisotopic (exact) mass is 347 g/mol. The van der Waals surface area contributed by atoms with Crippen molar-refractivity contribution in [1.29, 1.82) is 0 Å². The zero-order valence-electron chi connectivity index (χ0n) is 15.7. The first-order valence-electron chi connectivity index (χ1n) is 8.81. The molecule has 6 nitrogen and oxygen atoms in total. The van der Waals surface area contributed by atoms with E-state index in [2.05, 4.69) is 15.1 Å². The summed E-state index contributed by atoms with van der Waals surface area (Å²) in [5, 5.41) is 2.98. The molecule has 1 heterocycles. The van der Waals surface area contributed by atoms with E-state index in [1.54, 1.807) is 0 Å². The van der Waals surface area contributed by atoms with Crippen LogP contribution >= 0.6 is 0 Å². The number of methoxy groups -OCH3 is 1. The summed E-state index contributed by atoms with van der Waals surface area (Å²) in [7, 11) is 1.42. The van der Waals surface area contributed by atoms with E-state index < -0.39 is 0 Å². The molecule has 0 radical (unpaired) electrons. The molecule has 0 unspecified atom stereocenters. The van der Waals surface area contributed by atoms with Gasteiger partial charge in [0.15, 0.2) is 0 Å². The van der Waals surface area contributed by atoms with Crippen molar-refractivity contribution in [2.24, 2.45) is 5.41 Å². The Morgan fingerprint density at radius 3 is 2.24 bits per heavy atom. The fourth-order valence-corrected chi connectivity index (χ4v) is 2.63. The average molecular weight is 347 g/mol. The number of nitrogens with zero attached hydrogens (tertiary/aromatic N) is 2. The minimum atomic E-state index is -0.366. The lowest BCUT2D eigenvalue weighted by atomic mass is 9.89. The lowest BCUT2D eigenvalue weighted by Crippen LogP contribution is -2.48. The van der Waals surface area contributed by atoms with Crippen LogP contribution in [0.4, 0.5) is 11.4 Å². The molecule has 0 atom stereocenters. The van der Waals surface area contributed by atoms with Gasteiger partial charge in [0.2, 0.25) is 5.91 Å². The summed E-state index contributed by atoms with van der Waals surface area (Å²) in [6.45, 7) is 9.66. The molecule has 138 valence electrons. The van der Waals surface area contributed by atoms with Gasteiger partial charge in [-0.2, -0.15) is 0 Å². The molecule has 1 aliphatic rings. The Bertz CT molecular complexity index is 590. The molecule has 1 saturated heterocycles. The summed E-state index contributed by atoms with van der Waals surface area (Å²) in [6, 6.07) is 7.95. The summed E-state index contributed by atoms with van der Waals surface area (Å²) in [5.41, 5.74) is 1.58. The van der Waals surface area contributed by atoms with Crippen LogP contribution in [0.3, 0.4) is 0 Å². The summed E-state index contributed by atoms with van der Waals surface area (Å²) < 4.78 is 4.71. The van der Waals surface area contributed by atoms with Crippen molar-refractivity contribution in [1.82, 2.24) is 4.90 Å². The van der Waals surface area contributed by atoms with E-state index in [0.29, 0.717) is 6.54 Å². The van der Waals surface area contributed by atoms with E-state index in [4.69, 9.17) is 4.74 Å². The maximum absolute atomic E-state index is 12.2. The van der Waals surface area contributed by atoms with Gasteiger partial charge in [-0.1, -0.05) is 20.8 Å². The normalized spacial score (nSPS) is 15.8. The van der Waals surface area contributed by atoms with E-state index >= 15 is 0 Å². The van der Waals surface area contributed by atoms with Crippen molar-refractivity contribution >= 4 is 23.3 Å². The van der Waals surface area contributed by atoms with Crippen LogP contribution < -0.4 is 10.2 Å². The van der Waals surface area contributed by atoms with Gasteiger partial charge in [-0.15, -0.1) is 0 Å². The smallest absolute Gasteiger partial charge is 0.319 e. The van der Waals surface area contributed by atoms with Gasteiger partial charge in [-0.25, -0.2) is 0 Å². The molecule has 25 heavy (non-hydrogen) atoms. The number of benzene rings is 1. The van der Waals surface area contributed by atoms with E-state index in [1.165, 1.54) is 7.11 Å². The number of esters is 1. The summed E-state index contributed by atoms with van der Waals surface area (Å²) >= 11 is 0. The topological polar surface area (TPSA) is 61.9 Å². The minimum absolute atomic E-state index is 0.0409. The van der Waals surface area contributed by atoms with Gasteiger partial charge in [0.05, 0.1) is 13.7 Å². The maximum atomic E-state index is 12.2. The lowest BCUT2D eigenvalue weighted by molar-refractivity contribution is -0.142. The number of amides is 1. The van der Waals surface area contributed by atoms with Gasteiger partial charge in [-0.05, 0) is 30.7 Å². The number of carbonyl (C=O) groups excluding carboxylic acids is 2. The molecule has 0 spiro atoms. The molecule has 0 bridgehead atoms. The number of hydrogen-bond donors (Lipinski definition) is 1. The SMILES string of the molecule is CCC(C)(C)C(=O)Nc1ccc(N2CCN(CC(=O)OC)CC2)cc1. The van der Waals surface area contributed by atoms with Crippen LogP contribution in [-0.2, 0) is 14.3 Å². The molecule has 0 saturated carbocycles. The summed E-state index contributed by atoms with van der Waals surface area (Å²) in [5.74, 6) is -0.150. The van der Waals surface area contributed by atoms with Gasteiger partial charge in [0.25, 0.3) is 0 Å². The number of carbonyl (C=O) groups is 2. The predicted octanol–water partition coefficient (Wildman–Crippen LogP) is 2.36. The van der Waals surface area contributed by atoms with Crippen molar-refractivity contribution in [2.45, 2.75) is 27.2 Å². The standard InChI is InChI=1S/C19H29N3O3/c1-5-19(2,3)18(24)20-15-6-8-16(9-7-15)22-12-10-21(11-13-22)14-17(23)25-4/h6-9H,5,10-14H2,1-4H3,(H,20,24). The molecule has 6 heteroatoms. The number of ether oxygens (including phenoxy) is 1. The van der Waals surface area contributed by atoms with Crippen LogP contribution in [0.5, 0.6) is 0 Å². The first kappa shape index (κ1) is 19.2. The fraction of sp³-hybridized carbons (Fsp3) is 0.579. The van der Waals surface area contributed by atoms with Crippen LogP contribution in [0, 0.1) is 5.41 Å². The Morgan fingerprint density at radius 1 is 1.12 bits per heavy atom. The molecule has 0 aliphatic carbocycles. The first-order chi connectivity index (χ1) is 11.9. The van der Waals surface area contributed by atoms with Crippen LogP contribution in [0.15, 0.2) is 24.3 Å². The Balaban J connectivity index is 1.89. The lowest BCUT2D eigenvalue weighted by Gasteiger charge is -2.35. The van der Waals surface area contributed by atoms with Crippen molar-refractivity contribution in [3.63, 3.8) is 0 Å². The van der Waals surface area contributed by atoms with Crippen molar-refractivity contribution < 1.29 is 14.3 Å². The predicted molar refractivity (Wildman–Crippen MR) is 99.8 cm³/mol. The third-order valence-corrected chi connectivity index (χ3v) is 4.94.